The number of aliphatic hydroxyl groups is 1. The minimum absolute atomic E-state index is 0.126. The fourth-order valence-corrected chi connectivity index (χ4v) is 3.50. The molecule has 1 aliphatic heterocycles. The highest BCUT2D eigenvalue weighted by Gasteiger charge is 2.25. The van der Waals surface area contributed by atoms with E-state index in [9.17, 15) is 5.11 Å². The molecule has 7 heteroatoms. The van der Waals surface area contributed by atoms with Crippen LogP contribution in [0.2, 0.25) is 0 Å². The molecule has 0 aliphatic carbocycles. The smallest absolute Gasteiger partial charge is 0.158 e. The third-order valence-corrected chi connectivity index (χ3v) is 4.93. The predicted octanol–water partition coefficient (Wildman–Crippen LogP) is 1.68. The summed E-state index contributed by atoms with van der Waals surface area (Å²) in [7, 11) is 0. The number of rotatable bonds is 4. The zero-order valence-corrected chi connectivity index (χ0v) is 14.8. The van der Waals surface area contributed by atoms with Gasteiger partial charge in [0, 0.05) is 37.6 Å². The van der Waals surface area contributed by atoms with Gasteiger partial charge in [-0.15, -0.1) is 0 Å². The Labute approximate surface area is 152 Å². The lowest BCUT2D eigenvalue weighted by atomic mass is 10.0. The molecular weight excluding hydrogens is 328 g/mol. The van der Waals surface area contributed by atoms with Crippen LogP contribution in [-0.4, -0.2) is 49.8 Å². The van der Waals surface area contributed by atoms with Crippen molar-refractivity contribution >= 4 is 17.0 Å². The number of aryl methyl sites for hydroxylation is 1. The predicted molar refractivity (Wildman–Crippen MR) is 101 cm³/mol. The van der Waals surface area contributed by atoms with Crippen molar-refractivity contribution in [2.24, 2.45) is 5.73 Å². The molecule has 1 fully saturated rings. The van der Waals surface area contributed by atoms with Crippen molar-refractivity contribution in [3.05, 3.63) is 54.0 Å². The highest BCUT2D eigenvalue weighted by Crippen LogP contribution is 2.25. The summed E-state index contributed by atoms with van der Waals surface area (Å²) in [6.45, 7) is 4.27. The second-order valence-electron chi connectivity index (χ2n) is 6.99. The van der Waals surface area contributed by atoms with Crippen LogP contribution in [0.1, 0.15) is 17.5 Å². The van der Waals surface area contributed by atoms with Crippen LogP contribution in [0.15, 0.2) is 42.9 Å². The average Bonchev–Trinajstić information content (AvgIpc) is 3.02. The first-order valence-electron chi connectivity index (χ1n) is 8.91. The van der Waals surface area contributed by atoms with Gasteiger partial charge in [-0.2, -0.15) is 5.10 Å². The fraction of sp³-hybridized carbons (Fsp3) is 0.368. The second-order valence-corrected chi connectivity index (χ2v) is 6.99. The standard InChI is InChI=1S/C19H24N6O/c1-13-3-2-4-15(9-13)23-19-18-14(5-8-25(18)22-12-21-19)10-24-7-6-16(20)17(26)11-24/h2-5,8-9,12,16-17,26H,6-7,10-11,20H2,1H3,(H,21,22,23)/t16-,17+/m1/s1. The summed E-state index contributed by atoms with van der Waals surface area (Å²) < 4.78 is 1.84. The maximum Gasteiger partial charge on any atom is 0.158 e. The van der Waals surface area contributed by atoms with E-state index in [0.29, 0.717) is 6.54 Å². The van der Waals surface area contributed by atoms with E-state index in [1.807, 2.05) is 22.8 Å². The Hall–Kier alpha value is -2.48. The normalized spacial score (nSPS) is 21.2. The molecule has 1 aromatic carbocycles. The summed E-state index contributed by atoms with van der Waals surface area (Å²) >= 11 is 0. The van der Waals surface area contributed by atoms with Gasteiger partial charge in [0.25, 0.3) is 0 Å². The number of nitrogens with zero attached hydrogens (tertiary/aromatic N) is 4. The molecule has 4 N–H and O–H groups in total. The number of benzene rings is 1. The van der Waals surface area contributed by atoms with E-state index >= 15 is 0 Å². The summed E-state index contributed by atoms with van der Waals surface area (Å²) in [5.74, 6) is 0.778. The van der Waals surface area contributed by atoms with E-state index in [4.69, 9.17) is 5.73 Å². The highest BCUT2D eigenvalue weighted by atomic mass is 16.3. The van der Waals surface area contributed by atoms with E-state index < -0.39 is 6.10 Å². The number of anilines is 2. The molecule has 1 saturated heterocycles. The number of β-amino-alcohol motifs (C(OH)–C–C–N with tert-alkyl or cyclic N) is 1. The summed E-state index contributed by atoms with van der Waals surface area (Å²) in [5, 5.41) is 17.8. The molecule has 3 heterocycles. The topological polar surface area (TPSA) is 91.7 Å². The molecule has 4 rings (SSSR count). The lowest BCUT2D eigenvalue weighted by Gasteiger charge is -2.33. The number of hydrogen-bond donors (Lipinski definition) is 3. The largest absolute Gasteiger partial charge is 0.390 e. The van der Waals surface area contributed by atoms with Gasteiger partial charge < -0.3 is 16.2 Å². The summed E-state index contributed by atoms with van der Waals surface area (Å²) in [6, 6.07) is 10.1. The minimum Gasteiger partial charge on any atom is -0.390 e. The van der Waals surface area contributed by atoms with E-state index in [0.717, 1.165) is 42.1 Å². The Kier molecular flexibility index (Phi) is 4.58. The summed E-state index contributed by atoms with van der Waals surface area (Å²) in [5.41, 5.74) is 10.2. The second kappa shape index (κ2) is 7.03. The third kappa shape index (κ3) is 3.41. The van der Waals surface area contributed by atoms with Crippen molar-refractivity contribution in [3.63, 3.8) is 0 Å². The minimum atomic E-state index is -0.473. The first-order chi connectivity index (χ1) is 12.6. The molecule has 1 aliphatic rings. The first kappa shape index (κ1) is 17.0. The fourth-order valence-electron chi connectivity index (χ4n) is 3.50. The number of likely N-dealkylation sites (tertiary alicyclic amines) is 1. The number of aliphatic hydroxyl groups excluding tert-OH is 1. The van der Waals surface area contributed by atoms with Gasteiger partial charge in [-0.1, -0.05) is 12.1 Å². The molecule has 0 radical (unpaired) electrons. The van der Waals surface area contributed by atoms with Crippen LogP contribution in [0, 0.1) is 6.92 Å². The van der Waals surface area contributed by atoms with Crippen LogP contribution in [0.3, 0.4) is 0 Å². The Morgan fingerprint density at radius 2 is 2.23 bits per heavy atom. The molecule has 136 valence electrons. The number of hydrogen-bond acceptors (Lipinski definition) is 6. The molecule has 0 amide bonds. The first-order valence-corrected chi connectivity index (χ1v) is 8.91. The maximum absolute atomic E-state index is 10.1. The van der Waals surface area contributed by atoms with Crippen LogP contribution < -0.4 is 11.1 Å². The van der Waals surface area contributed by atoms with Crippen LogP contribution in [-0.2, 0) is 6.54 Å². The van der Waals surface area contributed by atoms with Gasteiger partial charge in [0.15, 0.2) is 5.82 Å². The number of nitrogens with two attached hydrogens (primary N) is 1. The third-order valence-electron chi connectivity index (χ3n) is 4.93. The maximum atomic E-state index is 10.1. The number of fused-ring (bicyclic) bond motifs is 1. The van der Waals surface area contributed by atoms with E-state index in [2.05, 4.69) is 45.4 Å². The van der Waals surface area contributed by atoms with Crippen molar-refractivity contribution in [1.82, 2.24) is 19.5 Å². The molecule has 26 heavy (non-hydrogen) atoms. The van der Waals surface area contributed by atoms with Crippen LogP contribution in [0.25, 0.3) is 5.52 Å². The molecule has 0 saturated carbocycles. The Balaban J connectivity index is 1.62. The summed E-state index contributed by atoms with van der Waals surface area (Å²) in [6.07, 6.45) is 3.83. The van der Waals surface area contributed by atoms with E-state index in [1.54, 1.807) is 6.33 Å². The van der Waals surface area contributed by atoms with Gasteiger partial charge in [-0.05, 0) is 42.7 Å². The molecular formula is C19H24N6O. The van der Waals surface area contributed by atoms with Gasteiger partial charge in [0.2, 0.25) is 0 Å². The zero-order chi connectivity index (χ0) is 18.1. The highest BCUT2D eigenvalue weighted by molar-refractivity contribution is 5.76. The lowest BCUT2D eigenvalue weighted by molar-refractivity contribution is 0.0501. The van der Waals surface area contributed by atoms with Crippen molar-refractivity contribution < 1.29 is 5.11 Å². The van der Waals surface area contributed by atoms with E-state index in [-0.39, 0.29) is 6.04 Å². The Morgan fingerprint density at radius 3 is 3.04 bits per heavy atom. The SMILES string of the molecule is Cc1cccc(Nc2ncnn3ccc(CN4CC[C@@H](N)[C@@H](O)C4)c23)c1. The Morgan fingerprint density at radius 1 is 1.35 bits per heavy atom. The van der Waals surface area contributed by atoms with Gasteiger partial charge in [-0.25, -0.2) is 9.50 Å². The average molecular weight is 352 g/mol. The summed E-state index contributed by atoms with van der Waals surface area (Å²) in [4.78, 5) is 6.68. The number of nitrogens with one attached hydrogen (secondary N) is 1. The molecule has 7 nitrogen and oxygen atoms in total. The van der Waals surface area contributed by atoms with Crippen molar-refractivity contribution in [2.75, 3.05) is 18.4 Å². The molecule has 2 atom stereocenters. The number of aromatic nitrogens is 3. The number of piperidine rings is 1. The van der Waals surface area contributed by atoms with Gasteiger partial charge in [0.05, 0.1) is 6.10 Å². The van der Waals surface area contributed by atoms with Gasteiger partial charge >= 0.3 is 0 Å². The quantitative estimate of drug-likeness (QED) is 0.662. The van der Waals surface area contributed by atoms with Crippen molar-refractivity contribution in [3.8, 4) is 0 Å². The van der Waals surface area contributed by atoms with Crippen molar-refractivity contribution in [1.29, 1.82) is 0 Å². The van der Waals surface area contributed by atoms with Gasteiger partial charge in [0.1, 0.15) is 11.8 Å². The molecule has 2 aromatic heterocycles. The molecule has 0 bridgehead atoms. The van der Waals surface area contributed by atoms with Crippen LogP contribution in [0.5, 0.6) is 0 Å². The Bertz CT molecular complexity index is 908. The monoisotopic (exact) mass is 352 g/mol. The van der Waals surface area contributed by atoms with Crippen molar-refractivity contribution in [2.45, 2.75) is 32.0 Å². The zero-order valence-electron chi connectivity index (χ0n) is 14.8. The van der Waals surface area contributed by atoms with Gasteiger partial charge in [-0.3, -0.25) is 4.90 Å². The molecule has 0 unspecified atom stereocenters. The molecule has 3 aromatic rings. The van der Waals surface area contributed by atoms with Crippen LogP contribution in [0.4, 0.5) is 11.5 Å². The van der Waals surface area contributed by atoms with E-state index in [1.165, 1.54) is 5.56 Å². The lowest BCUT2D eigenvalue weighted by Crippen LogP contribution is -2.50. The van der Waals surface area contributed by atoms with Crippen LogP contribution >= 0.6 is 0 Å². The molecule has 0 spiro atoms.